The van der Waals surface area contributed by atoms with Crippen molar-refractivity contribution in [1.82, 2.24) is 0 Å². The van der Waals surface area contributed by atoms with Gasteiger partial charge < -0.3 is 9.47 Å². The summed E-state index contributed by atoms with van der Waals surface area (Å²) in [5.74, 6) is -0.664. The van der Waals surface area contributed by atoms with Crippen molar-refractivity contribution in [1.29, 1.82) is 0 Å². The molecule has 14 heavy (non-hydrogen) atoms. The molecule has 0 aliphatic carbocycles. The second kappa shape index (κ2) is 7.23. The maximum Gasteiger partial charge on any atom is 0.302 e. The van der Waals surface area contributed by atoms with Gasteiger partial charge >= 0.3 is 11.9 Å². The third-order valence-corrected chi connectivity index (χ3v) is 3.80. The molecular formula is C8H12Br2O4. The zero-order valence-corrected chi connectivity index (χ0v) is 11.1. The molecule has 0 aliphatic heterocycles. The largest absolute Gasteiger partial charge is 0.465 e. The van der Waals surface area contributed by atoms with Crippen molar-refractivity contribution in [3.05, 3.63) is 0 Å². The minimum absolute atomic E-state index is 0.0780. The van der Waals surface area contributed by atoms with E-state index in [0.29, 0.717) is 0 Å². The van der Waals surface area contributed by atoms with Crippen molar-refractivity contribution in [3.8, 4) is 0 Å². The number of hydrogen-bond acceptors (Lipinski definition) is 4. The van der Waals surface area contributed by atoms with Gasteiger partial charge in [-0.2, -0.15) is 0 Å². The van der Waals surface area contributed by atoms with Gasteiger partial charge in [0.1, 0.15) is 13.2 Å². The molecular weight excluding hydrogens is 320 g/mol. The standard InChI is InChI=1S/C8H12Br2O4/c1-5(11)13-3-7(9)8(10)4-14-6(2)12/h7-8H,3-4H2,1-2H3/t7-,8-/m1/s1. The quantitative estimate of drug-likeness (QED) is 0.567. The molecule has 0 saturated carbocycles. The predicted octanol–water partition coefficient (Wildman–Crippen LogP) is 1.64. The van der Waals surface area contributed by atoms with Crippen molar-refractivity contribution in [2.45, 2.75) is 23.5 Å². The van der Waals surface area contributed by atoms with E-state index in [1.165, 1.54) is 13.8 Å². The van der Waals surface area contributed by atoms with Crippen LogP contribution in [0.5, 0.6) is 0 Å². The van der Waals surface area contributed by atoms with Gasteiger partial charge in [0.15, 0.2) is 0 Å². The molecule has 82 valence electrons. The monoisotopic (exact) mass is 330 g/mol. The van der Waals surface area contributed by atoms with Crippen LogP contribution < -0.4 is 0 Å². The number of carbonyl (C=O) groups is 2. The SMILES string of the molecule is CC(=O)OC[C@@H](Br)[C@H](Br)COC(C)=O. The molecule has 4 nitrogen and oxygen atoms in total. The van der Waals surface area contributed by atoms with E-state index < -0.39 is 0 Å². The second-order valence-electron chi connectivity index (χ2n) is 2.64. The molecule has 0 rings (SSSR count). The molecule has 0 heterocycles. The molecule has 0 aromatic heterocycles. The van der Waals surface area contributed by atoms with E-state index in [9.17, 15) is 9.59 Å². The fourth-order valence-corrected chi connectivity index (χ4v) is 1.17. The summed E-state index contributed by atoms with van der Waals surface area (Å²) in [6.07, 6.45) is 0. The molecule has 0 aromatic carbocycles. The van der Waals surface area contributed by atoms with Gasteiger partial charge in [0.25, 0.3) is 0 Å². The molecule has 2 atom stereocenters. The van der Waals surface area contributed by atoms with Crippen LogP contribution in [0, 0.1) is 0 Å². The summed E-state index contributed by atoms with van der Waals surface area (Å²) >= 11 is 6.61. The molecule has 0 saturated heterocycles. The van der Waals surface area contributed by atoms with Crippen molar-refractivity contribution in [2.24, 2.45) is 0 Å². The Morgan fingerprint density at radius 3 is 1.50 bits per heavy atom. The van der Waals surface area contributed by atoms with E-state index in [-0.39, 0.29) is 34.8 Å². The zero-order valence-electron chi connectivity index (χ0n) is 7.96. The fourth-order valence-electron chi connectivity index (χ4n) is 0.603. The highest BCUT2D eigenvalue weighted by atomic mass is 79.9. The number of esters is 2. The molecule has 0 fully saturated rings. The van der Waals surface area contributed by atoms with Crippen LogP contribution in [-0.4, -0.2) is 34.8 Å². The summed E-state index contributed by atoms with van der Waals surface area (Å²) in [5.41, 5.74) is 0. The van der Waals surface area contributed by atoms with Crippen LogP contribution in [0.3, 0.4) is 0 Å². The summed E-state index contributed by atoms with van der Waals surface area (Å²) in [6.45, 7) is 3.17. The lowest BCUT2D eigenvalue weighted by molar-refractivity contribution is -0.143. The highest BCUT2D eigenvalue weighted by Gasteiger charge is 2.18. The van der Waals surface area contributed by atoms with Crippen molar-refractivity contribution in [2.75, 3.05) is 13.2 Å². The summed E-state index contributed by atoms with van der Waals surface area (Å²) in [4.78, 5) is 20.8. The Kier molecular flexibility index (Phi) is 7.17. The first-order chi connectivity index (χ1) is 6.43. The predicted molar refractivity (Wildman–Crippen MR) is 58.7 cm³/mol. The summed E-state index contributed by atoms with van der Waals surface area (Å²) in [6, 6.07) is 0. The van der Waals surface area contributed by atoms with E-state index in [0.717, 1.165) is 0 Å². The van der Waals surface area contributed by atoms with Gasteiger partial charge in [0, 0.05) is 13.8 Å². The van der Waals surface area contributed by atoms with E-state index in [2.05, 4.69) is 31.9 Å². The molecule has 0 N–H and O–H groups in total. The van der Waals surface area contributed by atoms with Gasteiger partial charge in [0.05, 0.1) is 9.65 Å². The lowest BCUT2D eigenvalue weighted by Crippen LogP contribution is -2.26. The Morgan fingerprint density at radius 1 is 1.00 bits per heavy atom. The van der Waals surface area contributed by atoms with Gasteiger partial charge in [-0.05, 0) is 0 Å². The van der Waals surface area contributed by atoms with Gasteiger partial charge in [-0.1, -0.05) is 31.9 Å². The van der Waals surface area contributed by atoms with Crippen LogP contribution >= 0.6 is 31.9 Å². The molecule has 0 radical (unpaired) electrons. The van der Waals surface area contributed by atoms with Crippen LogP contribution in [0.4, 0.5) is 0 Å². The topological polar surface area (TPSA) is 52.6 Å². The molecule has 0 spiro atoms. The minimum Gasteiger partial charge on any atom is -0.465 e. The van der Waals surface area contributed by atoms with Crippen LogP contribution in [0.1, 0.15) is 13.8 Å². The van der Waals surface area contributed by atoms with Gasteiger partial charge in [-0.3, -0.25) is 9.59 Å². The van der Waals surface area contributed by atoms with Gasteiger partial charge in [-0.15, -0.1) is 0 Å². The zero-order chi connectivity index (χ0) is 11.1. The molecule has 0 amide bonds. The smallest absolute Gasteiger partial charge is 0.302 e. The van der Waals surface area contributed by atoms with Crippen molar-refractivity contribution >= 4 is 43.8 Å². The van der Waals surface area contributed by atoms with E-state index >= 15 is 0 Å². The minimum atomic E-state index is -0.332. The van der Waals surface area contributed by atoms with E-state index in [1.54, 1.807) is 0 Å². The lowest BCUT2D eigenvalue weighted by Gasteiger charge is -2.15. The number of ether oxygens (including phenoxy) is 2. The molecule has 0 aromatic rings. The Bertz CT molecular complexity index is 186. The maximum atomic E-state index is 10.5. The molecule has 0 aliphatic rings. The van der Waals surface area contributed by atoms with Gasteiger partial charge in [-0.25, -0.2) is 0 Å². The Labute approximate surface area is 99.6 Å². The Balaban J connectivity index is 3.69. The Hall–Kier alpha value is -0.100. The number of halogens is 2. The average Bonchev–Trinajstić information content (AvgIpc) is 2.09. The van der Waals surface area contributed by atoms with Crippen LogP contribution in [-0.2, 0) is 19.1 Å². The van der Waals surface area contributed by atoms with Crippen LogP contribution in [0.15, 0.2) is 0 Å². The summed E-state index contributed by atoms with van der Waals surface area (Å²) in [7, 11) is 0. The van der Waals surface area contributed by atoms with Crippen molar-refractivity contribution in [3.63, 3.8) is 0 Å². The number of hydrogen-bond donors (Lipinski definition) is 0. The van der Waals surface area contributed by atoms with E-state index in [1.807, 2.05) is 0 Å². The lowest BCUT2D eigenvalue weighted by atomic mass is 10.3. The molecule has 6 heteroatoms. The first-order valence-electron chi connectivity index (χ1n) is 3.98. The molecule has 0 unspecified atom stereocenters. The summed E-state index contributed by atoms with van der Waals surface area (Å²) < 4.78 is 9.55. The Morgan fingerprint density at radius 2 is 1.29 bits per heavy atom. The van der Waals surface area contributed by atoms with E-state index in [4.69, 9.17) is 9.47 Å². The van der Waals surface area contributed by atoms with Crippen LogP contribution in [0.25, 0.3) is 0 Å². The second-order valence-corrected chi connectivity index (χ2v) is 4.99. The fraction of sp³-hybridized carbons (Fsp3) is 0.750. The molecule has 0 bridgehead atoms. The first kappa shape index (κ1) is 13.9. The van der Waals surface area contributed by atoms with Gasteiger partial charge in [0.2, 0.25) is 0 Å². The number of alkyl halides is 2. The number of carbonyl (C=O) groups excluding carboxylic acids is 2. The summed E-state index contributed by atoms with van der Waals surface area (Å²) in [5, 5.41) is 0. The third-order valence-electron chi connectivity index (χ3n) is 1.28. The van der Waals surface area contributed by atoms with Crippen molar-refractivity contribution < 1.29 is 19.1 Å². The normalized spacial score (nSPS) is 14.3. The third kappa shape index (κ3) is 7.32. The average molecular weight is 332 g/mol. The van der Waals surface area contributed by atoms with Crippen LogP contribution in [0.2, 0.25) is 0 Å². The highest BCUT2D eigenvalue weighted by Crippen LogP contribution is 2.15. The highest BCUT2D eigenvalue weighted by molar-refractivity contribution is 9.12. The maximum absolute atomic E-state index is 10.5. The first-order valence-corrected chi connectivity index (χ1v) is 5.81. The number of rotatable bonds is 5.